The molecule has 9 nitrogen and oxygen atoms in total. The molecule has 0 aliphatic carbocycles. The quantitative estimate of drug-likeness (QED) is 0.448. The van der Waals surface area contributed by atoms with Crippen LogP contribution < -0.4 is 15.1 Å². The zero-order valence-electron chi connectivity index (χ0n) is 21.4. The summed E-state index contributed by atoms with van der Waals surface area (Å²) in [5.41, 5.74) is 4.75. The SMILES string of the molecule is Cc1cccc(N2CCN(C(=O)c3cccc(Nc4nc(N5CCCC5)nc5c4cnn5C)c3)CC2)c1. The van der Waals surface area contributed by atoms with Gasteiger partial charge >= 0.3 is 0 Å². The van der Waals surface area contributed by atoms with Crippen molar-refractivity contribution in [3.8, 4) is 0 Å². The lowest BCUT2D eigenvalue weighted by Gasteiger charge is -2.36. The van der Waals surface area contributed by atoms with Crippen molar-refractivity contribution >= 4 is 40.1 Å². The molecular weight excluding hydrogens is 464 g/mol. The molecule has 190 valence electrons. The lowest BCUT2D eigenvalue weighted by Crippen LogP contribution is -2.48. The van der Waals surface area contributed by atoms with E-state index in [1.807, 2.05) is 36.2 Å². The molecule has 4 aromatic rings. The van der Waals surface area contributed by atoms with E-state index in [1.165, 1.54) is 11.3 Å². The number of fused-ring (bicyclic) bond motifs is 1. The number of hydrogen-bond donors (Lipinski definition) is 1. The van der Waals surface area contributed by atoms with E-state index in [0.717, 1.165) is 61.7 Å². The van der Waals surface area contributed by atoms with Crippen molar-refractivity contribution in [2.24, 2.45) is 7.05 Å². The molecule has 0 unspecified atom stereocenters. The van der Waals surface area contributed by atoms with Crippen LogP contribution in [-0.2, 0) is 7.05 Å². The third kappa shape index (κ3) is 4.69. The largest absolute Gasteiger partial charge is 0.368 e. The average molecular weight is 497 g/mol. The van der Waals surface area contributed by atoms with Gasteiger partial charge in [0.15, 0.2) is 5.65 Å². The molecular formula is C28H32N8O. The van der Waals surface area contributed by atoms with Gasteiger partial charge in [-0.2, -0.15) is 15.1 Å². The minimum atomic E-state index is 0.0551. The van der Waals surface area contributed by atoms with Crippen LogP contribution in [0.25, 0.3) is 11.0 Å². The summed E-state index contributed by atoms with van der Waals surface area (Å²) in [6.45, 7) is 7.09. The maximum absolute atomic E-state index is 13.4. The summed E-state index contributed by atoms with van der Waals surface area (Å²) in [6, 6.07) is 16.2. The number of amides is 1. The van der Waals surface area contributed by atoms with E-state index in [-0.39, 0.29) is 5.91 Å². The van der Waals surface area contributed by atoms with Gasteiger partial charge in [0.05, 0.1) is 11.6 Å². The average Bonchev–Trinajstić information content (AvgIpc) is 3.59. The molecule has 2 aromatic carbocycles. The number of rotatable bonds is 5. The topological polar surface area (TPSA) is 82.4 Å². The van der Waals surface area contributed by atoms with Crippen LogP contribution in [0.4, 0.5) is 23.1 Å². The van der Waals surface area contributed by atoms with E-state index < -0.39 is 0 Å². The highest BCUT2D eigenvalue weighted by atomic mass is 16.2. The number of anilines is 4. The Balaban J connectivity index is 1.19. The van der Waals surface area contributed by atoms with Crippen molar-refractivity contribution in [1.29, 1.82) is 0 Å². The zero-order chi connectivity index (χ0) is 25.4. The lowest BCUT2D eigenvalue weighted by molar-refractivity contribution is 0.0747. The Hall–Kier alpha value is -4.14. The fourth-order valence-corrected chi connectivity index (χ4v) is 5.21. The van der Waals surface area contributed by atoms with Crippen molar-refractivity contribution in [3.05, 3.63) is 65.9 Å². The Bertz CT molecular complexity index is 1430. The van der Waals surface area contributed by atoms with Crippen LogP contribution in [0.3, 0.4) is 0 Å². The summed E-state index contributed by atoms with van der Waals surface area (Å²) in [5, 5.41) is 8.70. The number of nitrogens with one attached hydrogen (secondary N) is 1. The smallest absolute Gasteiger partial charge is 0.254 e. The van der Waals surface area contributed by atoms with Gasteiger partial charge in [-0.1, -0.05) is 18.2 Å². The summed E-state index contributed by atoms with van der Waals surface area (Å²) in [7, 11) is 1.89. The van der Waals surface area contributed by atoms with E-state index in [2.05, 4.69) is 51.4 Å². The number of hydrogen-bond acceptors (Lipinski definition) is 7. The fraction of sp³-hybridized carbons (Fsp3) is 0.357. The lowest BCUT2D eigenvalue weighted by atomic mass is 10.1. The Morgan fingerprint density at radius 3 is 2.46 bits per heavy atom. The van der Waals surface area contributed by atoms with Gasteiger partial charge in [0.1, 0.15) is 5.82 Å². The fourth-order valence-electron chi connectivity index (χ4n) is 5.21. The molecule has 0 spiro atoms. The van der Waals surface area contributed by atoms with Crippen LogP contribution in [0.2, 0.25) is 0 Å². The summed E-state index contributed by atoms with van der Waals surface area (Å²) >= 11 is 0. The van der Waals surface area contributed by atoms with E-state index in [4.69, 9.17) is 9.97 Å². The summed E-state index contributed by atoms with van der Waals surface area (Å²) in [5.74, 6) is 1.48. The minimum Gasteiger partial charge on any atom is -0.368 e. The summed E-state index contributed by atoms with van der Waals surface area (Å²) < 4.78 is 1.78. The van der Waals surface area contributed by atoms with Gasteiger partial charge in [-0.3, -0.25) is 9.48 Å². The molecule has 1 amide bonds. The summed E-state index contributed by atoms with van der Waals surface area (Å²) in [4.78, 5) is 29.5. The molecule has 2 saturated heterocycles. The Kier molecular flexibility index (Phi) is 6.12. The summed E-state index contributed by atoms with van der Waals surface area (Å²) in [6.07, 6.45) is 4.09. The molecule has 1 N–H and O–H groups in total. The minimum absolute atomic E-state index is 0.0551. The van der Waals surface area contributed by atoms with E-state index in [9.17, 15) is 4.79 Å². The second kappa shape index (κ2) is 9.72. The highest BCUT2D eigenvalue weighted by Crippen LogP contribution is 2.28. The van der Waals surface area contributed by atoms with E-state index >= 15 is 0 Å². The molecule has 0 radical (unpaired) electrons. The van der Waals surface area contributed by atoms with Crippen LogP contribution in [0.15, 0.2) is 54.7 Å². The highest BCUT2D eigenvalue weighted by molar-refractivity contribution is 5.96. The Labute approximate surface area is 216 Å². The first-order chi connectivity index (χ1) is 18.0. The molecule has 37 heavy (non-hydrogen) atoms. The number of nitrogens with zero attached hydrogens (tertiary/aromatic N) is 7. The van der Waals surface area contributed by atoms with Crippen LogP contribution in [-0.4, -0.2) is 69.8 Å². The number of carbonyl (C=O) groups excluding carboxylic acids is 1. The van der Waals surface area contributed by atoms with Gasteiger partial charge in [0, 0.05) is 63.3 Å². The van der Waals surface area contributed by atoms with Crippen molar-refractivity contribution < 1.29 is 4.79 Å². The molecule has 0 saturated carbocycles. The maximum Gasteiger partial charge on any atom is 0.254 e. The first-order valence-corrected chi connectivity index (χ1v) is 13.0. The molecule has 9 heteroatoms. The molecule has 0 bridgehead atoms. The molecule has 6 rings (SSSR count). The number of aryl methyl sites for hydroxylation is 2. The van der Waals surface area contributed by atoms with Crippen molar-refractivity contribution in [3.63, 3.8) is 0 Å². The molecule has 4 heterocycles. The van der Waals surface area contributed by atoms with Gasteiger partial charge in [0.25, 0.3) is 5.91 Å². The maximum atomic E-state index is 13.4. The van der Waals surface area contributed by atoms with Crippen molar-refractivity contribution in [2.75, 3.05) is 54.4 Å². The third-order valence-corrected chi connectivity index (χ3v) is 7.28. The highest BCUT2D eigenvalue weighted by Gasteiger charge is 2.23. The van der Waals surface area contributed by atoms with Gasteiger partial charge in [-0.05, 0) is 55.7 Å². The van der Waals surface area contributed by atoms with Crippen molar-refractivity contribution in [2.45, 2.75) is 19.8 Å². The third-order valence-electron chi connectivity index (χ3n) is 7.28. The standard InChI is InChI=1S/C28H32N8O/c1-20-7-5-10-23(17-20)34-13-15-35(16-14-34)27(37)21-8-6-9-22(18-21)30-25-24-19-29-33(2)26(24)32-28(31-25)36-11-3-4-12-36/h5-10,17-19H,3-4,11-16H2,1-2H3,(H,30,31,32). The predicted octanol–water partition coefficient (Wildman–Crippen LogP) is 3.98. The second-order valence-electron chi connectivity index (χ2n) is 9.90. The number of aromatic nitrogens is 4. The van der Waals surface area contributed by atoms with Gasteiger partial charge in [-0.15, -0.1) is 0 Å². The first-order valence-electron chi connectivity index (χ1n) is 13.0. The van der Waals surface area contributed by atoms with E-state index in [0.29, 0.717) is 24.5 Å². The molecule has 2 aromatic heterocycles. The Morgan fingerprint density at radius 1 is 0.892 bits per heavy atom. The normalized spacial score (nSPS) is 16.0. The monoisotopic (exact) mass is 496 g/mol. The van der Waals surface area contributed by atoms with Crippen molar-refractivity contribution in [1.82, 2.24) is 24.6 Å². The van der Waals surface area contributed by atoms with Gasteiger partial charge in [0.2, 0.25) is 5.95 Å². The number of piperazine rings is 1. The van der Waals surface area contributed by atoms with Crippen LogP contribution in [0.5, 0.6) is 0 Å². The van der Waals surface area contributed by atoms with Gasteiger partial charge in [-0.25, -0.2) is 0 Å². The first kappa shape index (κ1) is 23.3. The predicted molar refractivity (Wildman–Crippen MR) is 147 cm³/mol. The van der Waals surface area contributed by atoms with Crippen LogP contribution >= 0.6 is 0 Å². The molecule has 2 aliphatic rings. The number of benzene rings is 2. The molecule has 0 atom stereocenters. The van der Waals surface area contributed by atoms with E-state index in [1.54, 1.807) is 10.9 Å². The zero-order valence-corrected chi connectivity index (χ0v) is 21.4. The Morgan fingerprint density at radius 2 is 1.68 bits per heavy atom. The number of carbonyl (C=O) groups is 1. The van der Waals surface area contributed by atoms with Crippen LogP contribution in [0, 0.1) is 6.92 Å². The molecule has 2 fully saturated rings. The van der Waals surface area contributed by atoms with Gasteiger partial charge < -0.3 is 20.0 Å². The molecule has 2 aliphatic heterocycles. The second-order valence-corrected chi connectivity index (χ2v) is 9.90. The van der Waals surface area contributed by atoms with Crippen LogP contribution in [0.1, 0.15) is 28.8 Å².